The molecule has 4 saturated heterocycles. The normalized spacial score (nSPS) is 15.0. The topological polar surface area (TPSA) is 442 Å². The van der Waals surface area contributed by atoms with Crippen LogP contribution in [0.2, 0.25) is 0 Å². The predicted molar refractivity (Wildman–Crippen MR) is 550 cm³/mol. The Morgan fingerprint density at radius 2 is 0.597 bits per heavy atom. The lowest BCUT2D eigenvalue weighted by molar-refractivity contribution is -0.133. The molecule has 0 unspecified atom stereocenters. The van der Waals surface area contributed by atoms with Crippen molar-refractivity contribution in [3.05, 3.63) is 246 Å². The number of hydrogen-bond acceptors (Lipinski definition) is 35. The summed E-state index contributed by atoms with van der Waals surface area (Å²) >= 11 is 0. The number of rotatable bonds is 41. The molecule has 43 heteroatoms. The molecule has 40 nitrogen and oxygen atoms in total. The summed E-state index contributed by atoms with van der Waals surface area (Å²) in [6.07, 6.45) is 0.446. The van der Waals surface area contributed by atoms with Gasteiger partial charge in [0, 0.05) is 76.9 Å². The molecule has 4 atom stereocenters. The van der Waals surface area contributed by atoms with E-state index in [1.54, 1.807) is 160 Å². The van der Waals surface area contributed by atoms with Gasteiger partial charge in [0.05, 0.1) is 181 Å². The Morgan fingerprint density at radius 3 is 0.886 bits per heavy atom. The van der Waals surface area contributed by atoms with Gasteiger partial charge in [0.2, 0.25) is 23.0 Å². The number of anilines is 4. The molecule has 10 aromatic rings. The van der Waals surface area contributed by atoms with E-state index in [1.165, 1.54) is 178 Å². The van der Waals surface area contributed by atoms with Crippen molar-refractivity contribution in [3.8, 4) is 126 Å². The number of benzene rings is 10. The Labute approximate surface area is 864 Å². The highest BCUT2D eigenvalue weighted by molar-refractivity contribution is 7.87. The van der Waals surface area contributed by atoms with Gasteiger partial charge < -0.3 is 113 Å². The average Bonchev–Trinajstić information content (AvgIpc) is 0.746. The van der Waals surface area contributed by atoms with Crippen LogP contribution in [0, 0.1) is 0 Å². The van der Waals surface area contributed by atoms with Gasteiger partial charge in [-0.2, -0.15) is 25.3 Å². The largest absolute Gasteiger partial charge is 0.493 e. The molecule has 4 heterocycles. The third-order valence-corrected chi connectivity index (χ3v) is 26.8. The van der Waals surface area contributed by atoms with Gasteiger partial charge in [0.15, 0.2) is 103 Å². The third-order valence-electron chi connectivity index (χ3n) is 23.3. The second-order valence-electron chi connectivity index (χ2n) is 33.4. The fourth-order valence-corrected chi connectivity index (χ4v) is 19.3. The van der Waals surface area contributed by atoms with Crippen LogP contribution < -0.4 is 127 Å². The highest BCUT2D eigenvalue weighted by Crippen LogP contribution is 2.55. The van der Waals surface area contributed by atoms with Crippen molar-refractivity contribution in [2.24, 2.45) is 0 Å². The maximum absolute atomic E-state index is 13.2. The van der Waals surface area contributed by atoms with Gasteiger partial charge in [-0.25, -0.2) is 9.59 Å². The molecule has 0 saturated carbocycles. The van der Waals surface area contributed by atoms with Gasteiger partial charge in [-0.1, -0.05) is 94.3 Å². The summed E-state index contributed by atoms with van der Waals surface area (Å²) in [6.45, 7) is 22.3. The Kier molecular flexibility index (Phi) is 36.8. The molecule has 0 radical (unpaired) electrons. The summed E-state index contributed by atoms with van der Waals surface area (Å²) in [7, 11) is 14.2. The lowest BCUT2D eigenvalue weighted by Crippen LogP contribution is -2.48. The van der Waals surface area contributed by atoms with E-state index in [0.717, 1.165) is 0 Å². The summed E-state index contributed by atoms with van der Waals surface area (Å²) in [5.74, 6) is 3.85. The van der Waals surface area contributed by atoms with Crippen LogP contribution in [0.1, 0.15) is 92.5 Å². The van der Waals surface area contributed by atoms with Gasteiger partial charge >= 0.3 is 42.4 Å². The van der Waals surface area contributed by atoms with Crippen molar-refractivity contribution < 1.29 is 161 Å². The van der Waals surface area contributed by atoms with Gasteiger partial charge in [0.1, 0.15) is 22.8 Å². The molecule has 794 valence electrons. The Hall–Kier alpha value is -16.6. The van der Waals surface area contributed by atoms with Crippen molar-refractivity contribution in [2.45, 2.75) is 81.0 Å². The van der Waals surface area contributed by atoms with E-state index in [-0.39, 0.29) is 91.8 Å². The van der Waals surface area contributed by atoms with Crippen molar-refractivity contribution in [1.29, 1.82) is 0 Å². The van der Waals surface area contributed by atoms with E-state index in [2.05, 4.69) is 31.6 Å². The molecule has 0 aliphatic carbocycles. The standard InChI is InChI=1S/C28H29NO10S.C27H32N2O9.C27H27NO8S.C24H29NO8S/c1-16-26(29(28(16)30)18-13-24(36-5)27(38-7)25(14-18)37-6)17-8-10-21(34-3)23(12-17)39-40(31,32)19-9-11-20(33-2)22(15-19)35-4;1-15-23(29(25(15)31)17-12-20(34-6)24(36-8)21(13-17)35-7)16-9-10-18(33-5)19(11-16)37-22(30)14-28-26(32)38-27(2,3)4;1-17-25(28(27(17)29)20-14-23(33-3)26(35-5)24(15-20)34-4)19-11-12-21(32-2)22(13-19)36-37(30,31)16-18-9-7-6-8-10-18;1-7-8-11-34(27,28)33-19-12-16(9-10-18(19)29-3)22-15(2)24(26)25(22)17-13-20(30-4)23(32-6)21(14-17)31-5/h8-15,26H,1H2,2-7H3;9-13,23H,1,14H2,2-8H3,(H,28,32);6-15,25H,1,16H2,2-5H3;9-10,12-14,22H,2,7-8,11H2,1,3-6H3/t26-;23-;25-;22-/m1111/s1. The summed E-state index contributed by atoms with van der Waals surface area (Å²) in [5, 5.41) is 2.35. The number of hydrogen-bond donors (Lipinski definition) is 1. The highest BCUT2D eigenvalue weighted by Gasteiger charge is 2.49. The first-order chi connectivity index (χ1) is 71.0. The van der Waals surface area contributed by atoms with Crippen LogP contribution in [0.15, 0.2) is 223 Å². The molecule has 0 aromatic heterocycles. The number of nitrogens with zero attached hydrogens (tertiary/aromatic N) is 4. The fourth-order valence-electron chi connectivity index (χ4n) is 16.1. The quantitative estimate of drug-likeness (QED) is 0.0122. The third kappa shape index (κ3) is 24.9. The van der Waals surface area contributed by atoms with Crippen LogP contribution >= 0.6 is 0 Å². The number of amides is 5. The maximum atomic E-state index is 13.2. The van der Waals surface area contributed by atoms with E-state index in [0.29, 0.717) is 160 Å². The second kappa shape index (κ2) is 48.6. The number of carbonyl (C=O) groups excluding carboxylic acids is 6. The monoisotopic (exact) mass is 2120 g/mol. The van der Waals surface area contributed by atoms with Crippen LogP contribution in [-0.4, -0.2) is 207 Å². The van der Waals surface area contributed by atoms with Gasteiger partial charge in [-0.05, 0) is 116 Å². The number of esters is 1. The summed E-state index contributed by atoms with van der Waals surface area (Å²) in [6, 6.07) is 43.1. The van der Waals surface area contributed by atoms with E-state index in [9.17, 15) is 54.0 Å². The smallest absolute Gasteiger partial charge is 0.408 e. The number of ether oxygens (including phenoxy) is 20. The molecule has 10 aromatic carbocycles. The van der Waals surface area contributed by atoms with E-state index in [1.807, 2.05) is 6.92 Å². The van der Waals surface area contributed by atoms with Crippen molar-refractivity contribution in [1.82, 2.24) is 5.32 Å². The van der Waals surface area contributed by atoms with E-state index >= 15 is 0 Å². The van der Waals surface area contributed by atoms with Crippen LogP contribution in [0.25, 0.3) is 0 Å². The molecule has 149 heavy (non-hydrogen) atoms. The Bertz CT molecular complexity index is 7010. The Morgan fingerprint density at radius 1 is 0.322 bits per heavy atom. The summed E-state index contributed by atoms with van der Waals surface area (Å²) in [4.78, 5) is 81.8. The number of β-lactam (4-membered cyclic amide) rings is 4. The zero-order valence-corrected chi connectivity index (χ0v) is 88.6. The van der Waals surface area contributed by atoms with Crippen molar-refractivity contribution in [2.75, 3.05) is 160 Å². The van der Waals surface area contributed by atoms with E-state index < -0.39 is 78.7 Å². The number of carbonyl (C=O) groups is 6. The molecule has 4 aliphatic heterocycles. The molecule has 1 N–H and O–H groups in total. The second-order valence-corrected chi connectivity index (χ2v) is 38.2. The first-order valence-electron chi connectivity index (χ1n) is 45.2. The predicted octanol–water partition coefficient (Wildman–Crippen LogP) is 16.1. The number of unbranched alkanes of at least 4 members (excludes halogenated alkanes) is 1. The minimum absolute atomic E-state index is 0.00734. The highest BCUT2D eigenvalue weighted by atomic mass is 32.2. The molecule has 14 rings (SSSR count). The SMILES string of the molecule is C=C1C(=O)N(c2cc(OC)c(OC)c(OC)c2)[C@H]1c1ccc(OC)c(OC(=O)CNC(=O)OC(C)(C)C)c1.C=C1C(=O)N(c2cc(OC)c(OC)c(OC)c2)[C@H]1c1ccc(OC)c(OS(=O)(=O)CCCC)c1.C=C1C(=O)N(c2cc(OC)c(OC)c(OC)c2)[C@H]1c1ccc(OC)c(OS(=O)(=O)Cc2ccccc2)c1.C=C1C(=O)N(c2cc(OC)c(OC)c(OC)c2)[C@H]1c1ccc(OC)c(OS(=O)(=O)c2ccc(OC)c(OC)c2)c1. The lowest BCUT2D eigenvalue weighted by atomic mass is 9.88. The average molecular weight is 2120 g/mol. The lowest BCUT2D eigenvalue weighted by Gasteiger charge is -2.42. The summed E-state index contributed by atoms with van der Waals surface area (Å²) < 4.78 is 200. The summed E-state index contributed by atoms with van der Waals surface area (Å²) in [5.41, 5.74) is 5.51. The first-order valence-corrected chi connectivity index (χ1v) is 49.8. The zero-order valence-electron chi connectivity index (χ0n) is 86.1. The van der Waals surface area contributed by atoms with Crippen LogP contribution in [0.4, 0.5) is 27.5 Å². The minimum atomic E-state index is -4.32. The van der Waals surface area contributed by atoms with Crippen molar-refractivity contribution in [3.63, 3.8) is 0 Å². The number of alkyl carbamates (subject to hydrolysis) is 1. The maximum Gasteiger partial charge on any atom is 0.408 e. The molecule has 4 fully saturated rings. The first kappa shape index (κ1) is 113. The molecule has 5 amide bonds. The minimum Gasteiger partial charge on any atom is -0.493 e. The molecule has 4 aliphatic rings. The van der Waals surface area contributed by atoms with Crippen LogP contribution in [0.5, 0.6) is 126 Å². The molecule has 0 bridgehead atoms. The fraction of sp³-hybridized carbons (Fsp3) is 0.302. The number of methoxy groups -OCH3 is 18. The van der Waals surface area contributed by atoms with Gasteiger partial charge in [-0.3, -0.25) is 38.8 Å². The zero-order chi connectivity index (χ0) is 109. The van der Waals surface area contributed by atoms with Crippen molar-refractivity contribution >= 4 is 88.8 Å². The van der Waals surface area contributed by atoms with Gasteiger partial charge in [0.25, 0.3) is 23.6 Å². The molecule has 0 spiro atoms. The van der Waals surface area contributed by atoms with E-state index in [4.69, 9.17) is 107 Å². The van der Waals surface area contributed by atoms with Gasteiger partial charge in [-0.15, -0.1) is 0 Å². The number of nitrogens with one attached hydrogen (secondary N) is 1. The molecular weight excluding hydrogens is 2000 g/mol. The van der Waals surface area contributed by atoms with Crippen LogP contribution in [0.3, 0.4) is 0 Å². The molecular formula is C106H117N5O35S3. The van der Waals surface area contributed by atoms with Crippen LogP contribution in [-0.2, 0) is 64.8 Å². The Balaban J connectivity index is 0.000000189.